The third kappa shape index (κ3) is 4.58. The Bertz CT molecular complexity index is 404. The van der Waals surface area contributed by atoms with Gasteiger partial charge in [-0.25, -0.2) is 0 Å². The van der Waals surface area contributed by atoms with Gasteiger partial charge in [0.2, 0.25) is 11.8 Å². The second-order valence-electron chi connectivity index (χ2n) is 6.56. The van der Waals surface area contributed by atoms with Gasteiger partial charge in [0.25, 0.3) is 0 Å². The number of hydrogen-bond donors (Lipinski definition) is 1. The van der Waals surface area contributed by atoms with Crippen LogP contribution < -0.4 is 5.32 Å². The molecule has 1 fully saturated rings. The highest BCUT2D eigenvalue weighted by Crippen LogP contribution is 2.24. The van der Waals surface area contributed by atoms with Gasteiger partial charge in [0.05, 0.1) is 0 Å². The van der Waals surface area contributed by atoms with Gasteiger partial charge in [0.15, 0.2) is 0 Å². The summed E-state index contributed by atoms with van der Waals surface area (Å²) in [6.45, 7) is 8.25. The molecule has 1 aliphatic heterocycles. The standard InChI is InChI=1S/C14H26N2O3S/c1-10(7-9-20(5)19)16-8-6-11(17)15-12(13(16)18)14(2,3)4/h10,12H,6-9H2,1-5H3,(H,15,17). The fourth-order valence-electron chi connectivity index (χ4n) is 2.31. The minimum Gasteiger partial charge on any atom is -0.344 e. The lowest BCUT2D eigenvalue weighted by molar-refractivity contribution is -0.138. The van der Waals surface area contributed by atoms with Gasteiger partial charge in [-0.05, 0) is 18.8 Å². The summed E-state index contributed by atoms with van der Waals surface area (Å²) in [5, 5.41) is 2.83. The lowest BCUT2D eigenvalue weighted by Gasteiger charge is -2.35. The first-order valence-corrected chi connectivity index (χ1v) is 8.75. The molecule has 1 N–H and O–H groups in total. The predicted octanol–water partition coefficient (Wildman–Crippen LogP) is 0.907. The van der Waals surface area contributed by atoms with Crippen molar-refractivity contribution in [1.29, 1.82) is 0 Å². The monoisotopic (exact) mass is 302 g/mol. The summed E-state index contributed by atoms with van der Waals surface area (Å²) in [4.78, 5) is 26.2. The lowest BCUT2D eigenvalue weighted by atomic mass is 9.85. The normalized spacial score (nSPS) is 24.1. The van der Waals surface area contributed by atoms with E-state index in [0.29, 0.717) is 25.1 Å². The first kappa shape index (κ1) is 17.1. The van der Waals surface area contributed by atoms with E-state index < -0.39 is 16.8 Å². The van der Waals surface area contributed by atoms with Gasteiger partial charge in [-0.15, -0.1) is 0 Å². The molecule has 0 spiro atoms. The number of carbonyl (C=O) groups excluding carboxylic acids is 2. The Kier molecular flexibility index (Phi) is 5.74. The van der Waals surface area contributed by atoms with Crippen LogP contribution in [0.2, 0.25) is 0 Å². The van der Waals surface area contributed by atoms with Crippen molar-refractivity contribution < 1.29 is 13.8 Å². The summed E-state index contributed by atoms with van der Waals surface area (Å²) in [5.41, 5.74) is -0.317. The van der Waals surface area contributed by atoms with Crippen molar-refractivity contribution >= 4 is 22.6 Å². The molecule has 0 aromatic carbocycles. The molecule has 3 atom stereocenters. The number of nitrogens with one attached hydrogen (secondary N) is 1. The van der Waals surface area contributed by atoms with Crippen molar-refractivity contribution in [3.05, 3.63) is 0 Å². The molecule has 0 radical (unpaired) electrons. The van der Waals surface area contributed by atoms with Crippen molar-refractivity contribution in [3.63, 3.8) is 0 Å². The molecule has 116 valence electrons. The van der Waals surface area contributed by atoms with Crippen molar-refractivity contribution in [2.24, 2.45) is 5.41 Å². The van der Waals surface area contributed by atoms with Crippen LogP contribution in [0, 0.1) is 5.41 Å². The quantitative estimate of drug-likeness (QED) is 0.839. The molecule has 0 aromatic rings. The van der Waals surface area contributed by atoms with Crippen LogP contribution in [-0.4, -0.2) is 51.6 Å². The van der Waals surface area contributed by atoms with Crippen LogP contribution in [-0.2, 0) is 20.4 Å². The summed E-state index contributed by atoms with van der Waals surface area (Å²) in [5.74, 6) is 0.469. The van der Waals surface area contributed by atoms with E-state index in [9.17, 15) is 13.8 Å². The van der Waals surface area contributed by atoms with Crippen LogP contribution >= 0.6 is 0 Å². The van der Waals surface area contributed by atoms with Gasteiger partial charge >= 0.3 is 0 Å². The number of hydrogen-bond acceptors (Lipinski definition) is 3. The maximum Gasteiger partial charge on any atom is 0.245 e. The Morgan fingerprint density at radius 1 is 1.40 bits per heavy atom. The van der Waals surface area contributed by atoms with E-state index in [0.717, 1.165) is 0 Å². The van der Waals surface area contributed by atoms with E-state index >= 15 is 0 Å². The number of amides is 2. The molecule has 1 saturated heterocycles. The molecule has 0 aromatic heterocycles. The van der Waals surface area contributed by atoms with E-state index in [2.05, 4.69) is 5.32 Å². The van der Waals surface area contributed by atoms with Crippen LogP contribution in [0.3, 0.4) is 0 Å². The van der Waals surface area contributed by atoms with Gasteiger partial charge in [0, 0.05) is 41.8 Å². The Balaban J connectivity index is 2.86. The average Bonchev–Trinajstić information content (AvgIpc) is 2.45. The lowest BCUT2D eigenvalue weighted by Crippen LogP contribution is -2.53. The molecular weight excluding hydrogens is 276 g/mol. The summed E-state index contributed by atoms with van der Waals surface area (Å²) in [7, 11) is -0.860. The Morgan fingerprint density at radius 3 is 2.50 bits per heavy atom. The van der Waals surface area contributed by atoms with Crippen LogP contribution in [0.4, 0.5) is 0 Å². The summed E-state index contributed by atoms with van der Waals surface area (Å²) < 4.78 is 11.2. The number of rotatable bonds is 4. The molecule has 5 nitrogen and oxygen atoms in total. The Hall–Kier alpha value is -0.910. The number of carbonyl (C=O) groups is 2. The zero-order valence-electron chi connectivity index (χ0n) is 13.1. The van der Waals surface area contributed by atoms with Crippen LogP contribution in [0.25, 0.3) is 0 Å². The topological polar surface area (TPSA) is 66.5 Å². The zero-order valence-corrected chi connectivity index (χ0v) is 13.9. The van der Waals surface area contributed by atoms with E-state index in [1.54, 1.807) is 11.2 Å². The van der Waals surface area contributed by atoms with Crippen molar-refractivity contribution in [2.45, 2.75) is 52.6 Å². The van der Waals surface area contributed by atoms with E-state index in [-0.39, 0.29) is 23.3 Å². The molecule has 2 amide bonds. The third-order valence-corrected chi connectivity index (χ3v) is 4.45. The Morgan fingerprint density at radius 2 is 2.00 bits per heavy atom. The highest BCUT2D eigenvalue weighted by molar-refractivity contribution is 7.84. The summed E-state index contributed by atoms with van der Waals surface area (Å²) in [6, 6.07) is -0.490. The highest BCUT2D eigenvalue weighted by atomic mass is 32.2. The molecular formula is C14H26N2O3S. The highest BCUT2D eigenvalue weighted by Gasteiger charge is 2.39. The fourth-order valence-corrected chi connectivity index (χ4v) is 2.98. The minimum absolute atomic E-state index is 0.00366. The average molecular weight is 302 g/mol. The molecule has 0 saturated carbocycles. The predicted molar refractivity (Wildman–Crippen MR) is 80.7 cm³/mol. The molecule has 20 heavy (non-hydrogen) atoms. The largest absolute Gasteiger partial charge is 0.344 e. The second kappa shape index (κ2) is 6.70. The molecule has 3 unspecified atom stereocenters. The molecule has 6 heteroatoms. The SMILES string of the molecule is CC(CCS(C)=O)N1CCC(=O)NC(C(C)(C)C)C1=O. The van der Waals surface area contributed by atoms with E-state index in [4.69, 9.17) is 0 Å². The smallest absolute Gasteiger partial charge is 0.245 e. The second-order valence-corrected chi connectivity index (χ2v) is 8.12. The molecule has 1 aliphatic rings. The maximum absolute atomic E-state index is 12.7. The van der Waals surface area contributed by atoms with Crippen LogP contribution in [0.15, 0.2) is 0 Å². The molecule has 0 aliphatic carbocycles. The number of nitrogens with zero attached hydrogens (tertiary/aromatic N) is 1. The van der Waals surface area contributed by atoms with Gasteiger partial charge in [0.1, 0.15) is 6.04 Å². The summed E-state index contributed by atoms with van der Waals surface area (Å²) in [6.07, 6.45) is 2.69. The van der Waals surface area contributed by atoms with Crippen LogP contribution in [0.1, 0.15) is 40.5 Å². The van der Waals surface area contributed by atoms with Crippen molar-refractivity contribution in [1.82, 2.24) is 10.2 Å². The van der Waals surface area contributed by atoms with Gasteiger partial charge in [-0.1, -0.05) is 20.8 Å². The van der Waals surface area contributed by atoms with Gasteiger partial charge in [-0.2, -0.15) is 0 Å². The molecule has 1 rings (SSSR count). The third-order valence-electron chi connectivity index (χ3n) is 3.64. The van der Waals surface area contributed by atoms with Gasteiger partial charge in [-0.3, -0.25) is 13.8 Å². The summed E-state index contributed by atoms with van der Waals surface area (Å²) >= 11 is 0. The van der Waals surface area contributed by atoms with E-state index in [1.165, 1.54) is 0 Å². The zero-order chi connectivity index (χ0) is 15.5. The van der Waals surface area contributed by atoms with Gasteiger partial charge < -0.3 is 10.2 Å². The maximum atomic E-state index is 12.7. The molecule has 1 heterocycles. The molecule has 0 bridgehead atoms. The minimum atomic E-state index is -0.860. The fraction of sp³-hybridized carbons (Fsp3) is 0.857. The van der Waals surface area contributed by atoms with Crippen molar-refractivity contribution in [3.8, 4) is 0 Å². The first-order chi connectivity index (χ1) is 9.12. The van der Waals surface area contributed by atoms with Crippen molar-refractivity contribution in [2.75, 3.05) is 18.6 Å². The van der Waals surface area contributed by atoms with Crippen LogP contribution in [0.5, 0.6) is 0 Å². The Labute approximate surface area is 123 Å². The van der Waals surface area contributed by atoms with E-state index in [1.807, 2.05) is 27.7 Å². The first-order valence-electron chi connectivity index (χ1n) is 7.03.